The largest absolute Gasteiger partial charge is 0.455 e. The van der Waals surface area contributed by atoms with E-state index in [4.69, 9.17) is 4.42 Å². The van der Waals surface area contributed by atoms with E-state index in [1.807, 2.05) is 18.2 Å². The van der Waals surface area contributed by atoms with Gasteiger partial charge in [0.05, 0.1) is 11.0 Å². The molecule has 40 heavy (non-hydrogen) atoms. The molecule has 1 aliphatic rings. The van der Waals surface area contributed by atoms with Crippen LogP contribution >= 0.6 is 0 Å². The van der Waals surface area contributed by atoms with E-state index in [2.05, 4.69) is 126 Å². The summed E-state index contributed by atoms with van der Waals surface area (Å²) in [5.74, 6) is 1.87. The number of rotatable bonds is 4. The Bertz CT molecular complexity index is 2030. The van der Waals surface area contributed by atoms with E-state index in [0.29, 0.717) is 0 Å². The van der Waals surface area contributed by atoms with Gasteiger partial charge in [0.25, 0.3) is 0 Å². The third-order valence-electron chi connectivity index (χ3n) is 7.94. The maximum Gasteiger partial charge on any atom is 0.142 e. The lowest BCUT2D eigenvalue weighted by atomic mass is 9.90. The number of fused-ring (bicyclic) bond motifs is 4. The molecule has 7 aromatic rings. The summed E-state index contributed by atoms with van der Waals surface area (Å²) in [7, 11) is 0. The second-order valence-corrected chi connectivity index (χ2v) is 10.2. The molecule has 0 amide bonds. The first-order valence-electron chi connectivity index (χ1n) is 13.8. The fourth-order valence-electron chi connectivity index (χ4n) is 6.22. The highest BCUT2D eigenvalue weighted by atomic mass is 16.3. The minimum Gasteiger partial charge on any atom is -0.455 e. The van der Waals surface area contributed by atoms with Crippen LogP contribution in [0.15, 0.2) is 126 Å². The van der Waals surface area contributed by atoms with Gasteiger partial charge in [-0.1, -0.05) is 103 Å². The van der Waals surface area contributed by atoms with Crippen molar-refractivity contribution in [1.82, 2.24) is 4.57 Å². The van der Waals surface area contributed by atoms with E-state index in [1.54, 1.807) is 0 Å². The zero-order valence-electron chi connectivity index (χ0n) is 21.9. The van der Waals surface area contributed by atoms with Crippen molar-refractivity contribution < 1.29 is 4.42 Å². The van der Waals surface area contributed by atoms with Gasteiger partial charge in [-0.15, -0.1) is 0 Å². The van der Waals surface area contributed by atoms with Crippen LogP contribution in [0, 0.1) is 12.1 Å². The average Bonchev–Trinajstić information content (AvgIpc) is 3.58. The number of hydrogen-bond donors (Lipinski definition) is 0. The molecular weight excluding hydrogens is 486 g/mol. The lowest BCUT2D eigenvalue weighted by Gasteiger charge is -2.15. The molecule has 8 rings (SSSR count). The summed E-state index contributed by atoms with van der Waals surface area (Å²) in [4.78, 5) is 0. The third-order valence-corrected chi connectivity index (χ3v) is 7.94. The van der Waals surface area contributed by atoms with Gasteiger partial charge < -0.3 is 8.98 Å². The van der Waals surface area contributed by atoms with Crippen LogP contribution in [0.4, 0.5) is 0 Å². The van der Waals surface area contributed by atoms with Crippen molar-refractivity contribution >= 4 is 27.9 Å². The molecule has 0 saturated heterocycles. The van der Waals surface area contributed by atoms with E-state index in [-0.39, 0.29) is 0 Å². The minimum atomic E-state index is 0.930. The Hall–Kier alpha value is -5.26. The first kappa shape index (κ1) is 22.7. The maximum absolute atomic E-state index is 6.89. The Morgan fingerprint density at radius 1 is 0.700 bits per heavy atom. The summed E-state index contributed by atoms with van der Waals surface area (Å²) >= 11 is 0. The van der Waals surface area contributed by atoms with Crippen LogP contribution in [0.2, 0.25) is 0 Å². The predicted octanol–water partition coefficient (Wildman–Crippen LogP) is 9.94. The number of furan rings is 1. The van der Waals surface area contributed by atoms with Gasteiger partial charge in [0, 0.05) is 49.8 Å². The average molecular weight is 512 g/mol. The Balaban J connectivity index is 1.52. The van der Waals surface area contributed by atoms with Gasteiger partial charge >= 0.3 is 0 Å². The van der Waals surface area contributed by atoms with Crippen molar-refractivity contribution in [3.05, 3.63) is 145 Å². The number of para-hydroxylation sites is 2. The van der Waals surface area contributed by atoms with Gasteiger partial charge in [-0.2, -0.15) is 0 Å². The van der Waals surface area contributed by atoms with Gasteiger partial charge in [-0.05, 0) is 49.2 Å². The van der Waals surface area contributed by atoms with Gasteiger partial charge in [0.15, 0.2) is 0 Å². The van der Waals surface area contributed by atoms with Crippen LogP contribution in [0.3, 0.4) is 0 Å². The van der Waals surface area contributed by atoms with E-state index in [1.165, 1.54) is 27.4 Å². The van der Waals surface area contributed by atoms with Crippen LogP contribution in [0.25, 0.3) is 67.3 Å². The highest BCUT2D eigenvalue weighted by molar-refractivity contribution is 6.16. The number of allylic oxidation sites excluding steroid dienone is 1. The van der Waals surface area contributed by atoms with Crippen molar-refractivity contribution in [1.29, 1.82) is 0 Å². The van der Waals surface area contributed by atoms with Crippen LogP contribution in [0.5, 0.6) is 0 Å². The summed E-state index contributed by atoms with van der Waals surface area (Å²) in [5.41, 5.74) is 10.2. The second-order valence-electron chi connectivity index (χ2n) is 10.2. The summed E-state index contributed by atoms with van der Waals surface area (Å²) in [6, 6.07) is 47.0. The third kappa shape index (κ3) is 3.45. The number of nitrogens with zero attached hydrogens (tertiary/aromatic N) is 1. The molecule has 1 aliphatic carbocycles. The first-order valence-corrected chi connectivity index (χ1v) is 13.8. The Morgan fingerprint density at radius 3 is 2.33 bits per heavy atom. The van der Waals surface area contributed by atoms with Crippen molar-refractivity contribution in [2.24, 2.45) is 0 Å². The molecule has 0 saturated carbocycles. The van der Waals surface area contributed by atoms with Gasteiger partial charge in [-0.25, -0.2) is 0 Å². The molecule has 2 heterocycles. The van der Waals surface area contributed by atoms with Crippen LogP contribution in [-0.2, 0) is 6.42 Å². The van der Waals surface area contributed by atoms with Gasteiger partial charge in [-0.3, -0.25) is 0 Å². The molecule has 188 valence electrons. The van der Waals surface area contributed by atoms with Crippen molar-refractivity contribution in [2.75, 3.05) is 0 Å². The fraction of sp³-hybridized carbons (Fsp3) is 0.0526. The first-order chi connectivity index (χ1) is 19.9. The number of benzene rings is 4. The molecule has 2 heteroatoms. The molecule has 0 unspecified atom stereocenters. The quantitative estimate of drug-likeness (QED) is 0.230. The van der Waals surface area contributed by atoms with Crippen molar-refractivity contribution in [3.8, 4) is 39.5 Å². The molecule has 0 spiro atoms. The molecule has 0 bridgehead atoms. The highest BCUT2D eigenvalue weighted by Crippen LogP contribution is 2.47. The summed E-state index contributed by atoms with van der Waals surface area (Å²) < 4.78 is 9.27. The number of hydrogen-bond acceptors (Lipinski definition) is 1. The molecule has 0 radical (unpaired) electrons. The summed E-state index contributed by atoms with van der Waals surface area (Å²) in [5, 5.41) is 2.43. The molecule has 2 nitrogen and oxygen atoms in total. The summed E-state index contributed by atoms with van der Waals surface area (Å²) in [6.45, 7) is 0. The van der Waals surface area contributed by atoms with Crippen molar-refractivity contribution in [2.45, 2.75) is 12.8 Å². The second kappa shape index (κ2) is 9.19. The van der Waals surface area contributed by atoms with Crippen LogP contribution < -0.4 is 0 Å². The highest BCUT2D eigenvalue weighted by Gasteiger charge is 2.27. The van der Waals surface area contributed by atoms with Gasteiger partial charge in [0.2, 0.25) is 0 Å². The van der Waals surface area contributed by atoms with E-state index < -0.39 is 0 Å². The van der Waals surface area contributed by atoms with Crippen LogP contribution in [0.1, 0.15) is 17.5 Å². The van der Waals surface area contributed by atoms with Gasteiger partial charge in [0.1, 0.15) is 11.5 Å². The lowest BCUT2D eigenvalue weighted by molar-refractivity contribution is 0.594. The normalized spacial score (nSPS) is 12.5. The zero-order valence-corrected chi connectivity index (χ0v) is 21.9. The van der Waals surface area contributed by atoms with E-state index in [0.717, 1.165) is 57.8 Å². The fourth-order valence-corrected chi connectivity index (χ4v) is 6.22. The van der Waals surface area contributed by atoms with E-state index >= 15 is 0 Å². The number of aromatic nitrogens is 1. The standard InChI is InChI=1S/C38H25NO/c1-4-14-26(15-5-1)35-33(38-32-22-11-10-21-31(32)37(40-38)27-16-6-2-7-17-27)25-24-30-29-20-12-13-23-34(29)39(36(30)35)28-18-8-3-9-19-28/h1-4,6-10,12-14,16-21,23-25H,11,22H2. The maximum atomic E-state index is 6.89. The van der Waals surface area contributed by atoms with Crippen LogP contribution in [-0.4, -0.2) is 4.57 Å². The SMILES string of the molecule is c1cccc(-c2c(-c3oc(-c4ccccc4)c4c3CCC=C4)ccc3c4ccccc4n(-c4ccccc4)c23)c#1. The lowest BCUT2D eigenvalue weighted by Crippen LogP contribution is -1.98. The molecule has 5 aromatic carbocycles. The molecule has 0 atom stereocenters. The Kier molecular flexibility index (Phi) is 5.21. The summed E-state index contributed by atoms with van der Waals surface area (Å²) in [6.07, 6.45) is 6.43. The zero-order chi connectivity index (χ0) is 26.5. The minimum absolute atomic E-state index is 0.930. The topological polar surface area (TPSA) is 18.1 Å². The van der Waals surface area contributed by atoms with E-state index in [9.17, 15) is 0 Å². The smallest absolute Gasteiger partial charge is 0.142 e. The Labute approximate surface area is 233 Å². The predicted molar refractivity (Wildman–Crippen MR) is 164 cm³/mol. The molecule has 2 aromatic heterocycles. The Morgan fingerprint density at radius 2 is 1.50 bits per heavy atom. The van der Waals surface area contributed by atoms with Crippen molar-refractivity contribution in [3.63, 3.8) is 0 Å². The molecule has 0 fully saturated rings. The molecular formula is C38H25NO. The molecule has 0 N–H and O–H groups in total. The monoisotopic (exact) mass is 511 g/mol. The molecule has 0 aliphatic heterocycles.